The third kappa shape index (κ3) is 6.53. The lowest BCUT2D eigenvalue weighted by atomic mass is 9.88. The van der Waals surface area contributed by atoms with E-state index in [1.54, 1.807) is 0 Å². The average Bonchev–Trinajstić information content (AvgIpc) is 3.01. The van der Waals surface area contributed by atoms with Crippen LogP contribution < -0.4 is 0 Å². The number of aliphatic imine (C=N–C) groups is 2. The second-order valence-electron chi connectivity index (χ2n) is 10.8. The highest BCUT2D eigenvalue weighted by Crippen LogP contribution is 2.41. The number of halogens is 2. The summed E-state index contributed by atoms with van der Waals surface area (Å²) in [5.41, 5.74) is 15.6. The minimum atomic E-state index is 0.785. The molecular formula is C37H49Cl2N3. The van der Waals surface area contributed by atoms with Crippen molar-refractivity contribution in [1.82, 2.24) is 4.98 Å². The Hall–Kier alpha value is -2.49. The summed E-state index contributed by atoms with van der Waals surface area (Å²) in [5, 5.41) is 1.57. The van der Waals surface area contributed by atoms with Crippen LogP contribution in [-0.2, 0) is 51.4 Å². The van der Waals surface area contributed by atoms with Crippen molar-refractivity contribution in [3.8, 4) is 0 Å². The molecule has 0 fully saturated rings. The van der Waals surface area contributed by atoms with Gasteiger partial charge in [0.25, 0.3) is 0 Å². The van der Waals surface area contributed by atoms with E-state index in [0.29, 0.717) is 0 Å². The molecule has 0 radical (unpaired) electrons. The van der Waals surface area contributed by atoms with Crippen LogP contribution in [0.1, 0.15) is 125 Å². The van der Waals surface area contributed by atoms with Crippen molar-refractivity contribution in [2.24, 2.45) is 9.98 Å². The zero-order valence-electron chi connectivity index (χ0n) is 27.5. The highest BCUT2D eigenvalue weighted by molar-refractivity contribution is 6.35. The molecule has 5 heteroatoms. The molecule has 0 N–H and O–H groups in total. The van der Waals surface area contributed by atoms with Crippen LogP contribution in [0.4, 0.5) is 11.4 Å². The van der Waals surface area contributed by atoms with Gasteiger partial charge in [-0.2, -0.15) is 0 Å². The van der Waals surface area contributed by atoms with Gasteiger partial charge in [-0.1, -0.05) is 84.7 Å². The summed E-state index contributed by atoms with van der Waals surface area (Å²) < 4.78 is 0. The summed E-state index contributed by atoms with van der Waals surface area (Å²) in [4.78, 5) is 15.3. The van der Waals surface area contributed by atoms with Crippen molar-refractivity contribution in [2.45, 2.75) is 121 Å². The Labute approximate surface area is 264 Å². The van der Waals surface area contributed by atoms with E-state index in [4.69, 9.17) is 38.2 Å². The molecule has 0 amide bonds. The smallest absolute Gasteiger partial charge is 0.0857 e. The summed E-state index contributed by atoms with van der Waals surface area (Å²) in [7, 11) is 0. The molecule has 0 spiro atoms. The molecule has 0 aliphatic rings. The molecule has 3 aromatic rings. The number of nitrogens with zero attached hydrogens (tertiary/aromatic N) is 3. The molecule has 3 nitrogen and oxygen atoms in total. The van der Waals surface area contributed by atoms with Crippen molar-refractivity contribution < 1.29 is 0 Å². The summed E-state index contributed by atoms with van der Waals surface area (Å²) in [6.45, 7) is 21.7. The fourth-order valence-electron chi connectivity index (χ4n) is 6.56. The topological polar surface area (TPSA) is 37.6 Å². The van der Waals surface area contributed by atoms with Gasteiger partial charge in [-0.15, -0.1) is 0 Å². The standard InChI is InChI=1S/C37H49Cl2N3/c1-11-24-26(13-3)30(17-7)36(34(38)28(24)15-5)40-22(9)32-20-19-21-33(42-32)23(10)41-37-31(18-8)27(14-4)25(12-2)29(16-6)35(37)39/h19-21H,11-18H2,1-10H3. The molecule has 0 unspecified atom stereocenters. The zero-order valence-corrected chi connectivity index (χ0v) is 29.0. The first-order valence-electron chi connectivity index (χ1n) is 15.9. The van der Waals surface area contributed by atoms with E-state index in [1.165, 1.54) is 44.5 Å². The molecule has 0 atom stereocenters. The summed E-state index contributed by atoms with van der Waals surface area (Å²) >= 11 is 14.1. The number of hydrogen-bond donors (Lipinski definition) is 0. The second-order valence-corrected chi connectivity index (χ2v) is 11.5. The molecule has 0 aliphatic heterocycles. The van der Waals surface area contributed by atoms with E-state index < -0.39 is 0 Å². The Balaban J connectivity index is 2.18. The number of aromatic nitrogens is 1. The lowest BCUT2D eigenvalue weighted by Gasteiger charge is -2.21. The SMILES string of the molecule is CCc1c(Cl)c(N=C(C)c2cccc(C(C)=Nc3c(Cl)c(CC)c(CC)c(CC)c3CC)n2)c(CC)c(CC)c1CC. The quantitative estimate of drug-likeness (QED) is 0.189. The first kappa shape index (κ1) is 34.0. The molecule has 1 aromatic heterocycles. The van der Waals surface area contributed by atoms with Gasteiger partial charge in [0.2, 0.25) is 0 Å². The highest BCUT2D eigenvalue weighted by Gasteiger charge is 2.21. The van der Waals surface area contributed by atoms with Gasteiger partial charge in [0.05, 0.1) is 44.2 Å². The van der Waals surface area contributed by atoms with Crippen LogP contribution >= 0.6 is 23.2 Å². The lowest BCUT2D eigenvalue weighted by molar-refractivity contribution is 0.944. The first-order chi connectivity index (χ1) is 20.2. The lowest BCUT2D eigenvalue weighted by Crippen LogP contribution is -2.08. The van der Waals surface area contributed by atoms with Gasteiger partial charge in [0.15, 0.2) is 0 Å². The molecule has 0 saturated heterocycles. The van der Waals surface area contributed by atoms with E-state index in [1.807, 2.05) is 32.0 Å². The predicted molar refractivity (Wildman–Crippen MR) is 186 cm³/mol. The number of pyridine rings is 1. The minimum absolute atomic E-state index is 0.785. The summed E-state index contributed by atoms with van der Waals surface area (Å²) in [6, 6.07) is 6.06. The predicted octanol–water partition coefficient (Wildman–Crippen LogP) is 11.2. The molecule has 0 bridgehead atoms. The molecular weight excluding hydrogens is 557 g/mol. The van der Waals surface area contributed by atoms with Gasteiger partial charge in [-0.25, -0.2) is 15.0 Å². The zero-order chi connectivity index (χ0) is 31.1. The van der Waals surface area contributed by atoms with E-state index in [2.05, 4.69) is 55.4 Å². The van der Waals surface area contributed by atoms with Gasteiger partial charge in [-0.3, -0.25) is 0 Å². The van der Waals surface area contributed by atoms with E-state index in [-0.39, 0.29) is 0 Å². The minimum Gasteiger partial charge on any atom is -0.250 e. The molecule has 0 aliphatic carbocycles. The largest absolute Gasteiger partial charge is 0.250 e. The van der Waals surface area contributed by atoms with Crippen LogP contribution in [0, 0.1) is 0 Å². The Bertz CT molecular complexity index is 1390. The van der Waals surface area contributed by atoms with Gasteiger partial charge in [0, 0.05) is 0 Å². The number of hydrogen-bond acceptors (Lipinski definition) is 3. The fraction of sp³-hybridized carbons (Fsp3) is 0.486. The first-order valence-corrected chi connectivity index (χ1v) is 16.7. The number of rotatable bonds is 12. The van der Waals surface area contributed by atoms with Crippen LogP contribution in [0.5, 0.6) is 0 Å². The van der Waals surface area contributed by atoms with Crippen molar-refractivity contribution in [1.29, 1.82) is 0 Å². The van der Waals surface area contributed by atoms with Crippen molar-refractivity contribution >= 4 is 46.0 Å². The maximum atomic E-state index is 7.06. The van der Waals surface area contributed by atoms with Crippen LogP contribution in [0.25, 0.3) is 0 Å². The van der Waals surface area contributed by atoms with E-state index >= 15 is 0 Å². The van der Waals surface area contributed by atoms with Crippen LogP contribution in [0.2, 0.25) is 10.0 Å². The van der Waals surface area contributed by atoms with Crippen LogP contribution in [0.15, 0.2) is 28.2 Å². The second kappa shape index (κ2) is 15.3. The number of benzene rings is 2. The van der Waals surface area contributed by atoms with Crippen LogP contribution in [-0.4, -0.2) is 16.4 Å². The molecule has 3 rings (SSSR count). The maximum absolute atomic E-state index is 7.06. The Morgan fingerprint density at radius 2 is 0.786 bits per heavy atom. The van der Waals surface area contributed by atoms with Gasteiger partial charge in [0.1, 0.15) is 0 Å². The summed E-state index contributed by atoms with van der Waals surface area (Å²) in [6.07, 6.45) is 7.48. The van der Waals surface area contributed by atoms with E-state index in [9.17, 15) is 0 Å². The Morgan fingerprint density at radius 3 is 1.07 bits per heavy atom. The third-order valence-electron chi connectivity index (χ3n) is 8.58. The van der Waals surface area contributed by atoms with Crippen LogP contribution in [0.3, 0.4) is 0 Å². The van der Waals surface area contributed by atoms with Crippen molar-refractivity contribution in [3.63, 3.8) is 0 Å². The summed E-state index contributed by atoms with van der Waals surface area (Å²) in [5.74, 6) is 0. The van der Waals surface area contributed by atoms with Crippen molar-refractivity contribution in [3.05, 3.63) is 84.1 Å². The molecule has 42 heavy (non-hydrogen) atoms. The molecule has 2 aromatic carbocycles. The highest BCUT2D eigenvalue weighted by atomic mass is 35.5. The normalized spacial score (nSPS) is 12.4. The molecule has 226 valence electrons. The fourth-order valence-corrected chi connectivity index (χ4v) is 7.36. The molecule has 0 saturated carbocycles. The van der Waals surface area contributed by atoms with Gasteiger partial charge in [-0.05, 0) is 122 Å². The Morgan fingerprint density at radius 1 is 0.500 bits per heavy atom. The third-order valence-corrected chi connectivity index (χ3v) is 9.40. The van der Waals surface area contributed by atoms with Gasteiger partial charge >= 0.3 is 0 Å². The monoisotopic (exact) mass is 605 g/mol. The van der Waals surface area contributed by atoms with Gasteiger partial charge < -0.3 is 0 Å². The van der Waals surface area contributed by atoms with Crippen molar-refractivity contribution in [2.75, 3.05) is 0 Å². The Kier molecular flexibility index (Phi) is 12.4. The average molecular weight is 607 g/mol. The van der Waals surface area contributed by atoms with E-state index in [0.717, 1.165) is 95.6 Å². The molecule has 1 heterocycles. The maximum Gasteiger partial charge on any atom is 0.0857 e.